The van der Waals surface area contributed by atoms with Crippen molar-refractivity contribution in [2.45, 2.75) is 17.9 Å². The highest BCUT2D eigenvalue weighted by molar-refractivity contribution is 7.89. The standard InChI is InChI=1S/C19H20N2O6S/c1-12-4-9-15-16(26-2)10-11-17(27-3)18(15)19(12)20-28(24,25)14-7-5-13(6-8-14)21(22)23/h4-12,19-20H,1-3H3/t12-,19-/m0/s1. The van der Waals surface area contributed by atoms with E-state index in [0.29, 0.717) is 17.1 Å². The zero-order chi connectivity index (χ0) is 20.5. The van der Waals surface area contributed by atoms with Crippen LogP contribution in [0.15, 0.2) is 47.4 Å². The van der Waals surface area contributed by atoms with E-state index in [1.54, 1.807) is 19.2 Å². The van der Waals surface area contributed by atoms with Crippen LogP contribution in [0.3, 0.4) is 0 Å². The molecule has 3 rings (SSSR count). The Morgan fingerprint density at radius 1 is 1.04 bits per heavy atom. The number of rotatable bonds is 6. The average Bonchev–Trinajstić information content (AvgIpc) is 2.69. The van der Waals surface area contributed by atoms with Crippen molar-refractivity contribution in [3.05, 3.63) is 63.7 Å². The van der Waals surface area contributed by atoms with Gasteiger partial charge >= 0.3 is 0 Å². The van der Waals surface area contributed by atoms with Crippen molar-refractivity contribution in [3.8, 4) is 11.5 Å². The number of nitrogens with zero attached hydrogens (tertiary/aromatic N) is 1. The van der Waals surface area contributed by atoms with Crippen LogP contribution in [0.4, 0.5) is 5.69 Å². The Morgan fingerprint density at radius 2 is 1.64 bits per heavy atom. The Hall–Kier alpha value is -2.91. The molecular formula is C19H20N2O6S. The molecule has 2 aromatic rings. The van der Waals surface area contributed by atoms with Crippen LogP contribution in [-0.2, 0) is 10.0 Å². The molecular weight excluding hydrogens is 384 g/mol. The fourth-order valence-corrected chi connectivity index (χ4v) is 4.51. The van der Waals surface area contributed by atoms with E-state index in [0.717, 1.165) is 17.7 Å². The van der Waals surface area contributed by atoms with Crippen LogP contribution in [0, 0.1) is 16.0 Å². The first-order valence-corrected chi connectivity index (χ1v) is 9.96. The number of sulfonamides is 1. The SMILES string of the molecule is COc1ccc(OC)c2c1C=C[C@H](C)[C@@H]2NS(=O)(=O)c1ccc([N+](=O)[O-])cc1. The molecule has 2 atom stereocenters. The maximum absolute atomic E-state index is 12.9. The number of hydrogen-bond donors (Lipinski definition) is 1. The summed E-state index contributed by atoms with van der Waals surface area (Å²) in [6.45, 7) is 1.89. The molecule has 148 valence electrons. The number of benzene rings is 2. The summed E-state index contributed by atoms with van der Waals surface area (Å²) in [4.78, 5) is 10.2. The summed E-state index contributed by atoms with van der Waals surface area (Å²) >= 11 is 0. The quantitative estimate of drug-likeness (QED) is 0.585. The minimum Gasteiger partial charge on any atom is -0.496 e. The van der Waals surface area contributed by atoms with Gasteiger partial charge < -0.3 is 9.47 Å². The van der Waals surface area contributed by atoms with Gasteiger partial charge in [-0.1, -0.05) is 19.1 Å². The van der Waals surface area contributed by atoms with Gasteiger partial charge in [0.25, 0.3) is 5.69 Å². The van der Waals surface area contributed by atoms with Gasteiger partial charge in [0.1, 0.15) is 11.5 Å². The highest BCUT2D eigenvalue weighted by atomic mass is 32.2. The maximum atomic E-state index is 12.9. The monoisotopic (exact) mass is 404 g/mol. The Balaban J connectivity index is 2.02. The van der Waals surface area contributed by atoms with Gasteiger partial charge in [0.2, 0.25) is 10.0 Å². The summed E-state index contributed by atoms with van der Waals surface area (Å²) in [5, 5.41) is 10.8. The van der Waals surface area contributed by atoms with Crippen molar-refractivity contribution in [2.24, 2.45) is 5.92 Å². The lowest BCUT2D eigenvalue weighted by atomic mass is 9.85. The van der Waals surface area contributed by atoms with Gasteiger partial charge in [0.05, 0.1) is 30.1 Å². The van der Waals surface area contributed by atoms with Gasteiger partial charge in [-0.3, -0.25) is 10.1 Å². The predicted molar refractivity (Wildman–Crippen MR) is 104 cm³/mol. The highest BCUT2D eigenvalue weighted by Crippen LogP contribution is 2.43. The van der Waals surface area contributed by atoms with Crippen LogP contribution in [-0.4, -0.2) is 27.6 Å². The van der Waals surface area contributed by atoms with Crippen molar-refractivity contribution in [3.63, 3.8) is 0 Å². The molecule has 0 radical (unpaired) electrons. The first kappa shape index (κ1) is 19.8. The Bertz CT molecular complexity index is 1030. The summed E-state index contributed by atoms with van der Waals surface area (Å²) in [5.74, 6) is 1.00. The van der Waals surface area contributed by atoms with E-state index < -0.39 is 21.0 Å². The van der Waals surface area contributed by atoms with Crippen molar-refractivity contribution in [2.75, 3.05) is 14.2 Å². The van der Waals surface area contributed by atoms with E-state index in [1.165, 1.54) is 19.2 Å². The molecule has 0 spiro atoms. The summed E-state index contributed by atoms with van der Waals surface area (Å²) < 4.78 is 39.4. The van der Waals surface area contributed by atoms with E-state index in [9.17, 15) is 18.5 Å². The third-order valence-electron chi connectivity index (χ3n) is 4.69. The highest BCUT2D eigenvalue weighted by Gasteiger charge is 2.32. The number of non-ortho nitro benzene ring substituents is 1. The lowest BCUT2D eigenvalue weighted by Crippen LogP contribution is -2.34. The zero-order valence-electron chi connectivity index (χ0n) is 15.6. The first-order valence-electron chi connectivity index (χ1n) is 8.48. The van der Waals surface area contributed by atoms with Crippen molar-refractivity contribution in [1.82, 2.24) is 4.72 Å². The van der Waals surface area contributed by atoms with E-state index >= 15 is 0 Å². The Labute approximate surface area is 163 Å². The Morgan fingerprint density at radius 3 is 2.21 bits per heavy atom. The second kappa shape index (κ2) is 7.61. The minimum atomic E-state index is -3.93. The van der Waals surface area contributed by atoms with Crippen LogP contribution in [0.2, 0.25) is 0 Å². The molecule has 1 aliphatic carbocycles. The predicted octanol–water partition coefficient (Wildman–Crippen LogP) is 3.29. The molecule has 0 heterocycles. The summed E-state index contributed by atoms with van der Waals surface area (Å²) in [6, 6.07) is 7.66. The van der Waals surface area contributed by atoms with Crippen LogP contribution < -0.4 is 14.2 Å². The maximum Gasteiger partial charge on any atom is 0.269 e. The summed E-state index contributed by atoms with van der Waals surface area (Å²) in [5.41, 5.74) is 1.25. The van der Waals surface area contributed by atoms with Crippen LogP contribution in [0.25, 0.3) is 6.08 Å². The number of methoxy groups -OCH3 is 2. The zero-order valence-corrected chi connectivity index (χ0v) is 16.4. The molecule has 0 bridgehead atoms. The molecule has 28 heavy (non-hydrogen) atoms. The number of nitrogens with one attached hydrogen (secondary N) is 1. The molecule has 0 saturated heterocycles. The number of hydrogen-bond acceptors (Lipinski definition) is 6. The smallest absolute Gasteiger partial charge is 0.269 e. The molecule has 0 saturated carbocycles. The normalized spacial score (nSPS) is 18.4. The number of ether oxygens (including phenoxy) is 2. The van der Waals surface area contributed by atoms with Gasteiger partial charge in [-0.05, 0) is 30.2 Å². The average molecular weight is 404 g/mol. The molecule has 9 heteroatoms. The lowest BCUT2D eigenvalue weighted by molar-refractivity contribution is -0.384. The van der Waals surface area contributed by atoms with Gasteiger partial charge in [0.15, 0.2) is 0 Å². The molecule has 1 aliphatic rings. The molecule has 0 fully saturated rings. The van der Waals surface area contributed by atoms with E-state index in [1.807, 2.05) is 19.1 Å². The molecule has 0 aromatic heterocycles. The van der Waals surface area contributed by atoms with Crippen molar-refractivity contribution >= 4 is 21.8 Å². The van der Waals surface area contributed by atoms with Crippen LogP contribution >= 0.6 is 0 Å². The molecule has 8 nitrogen and oxygen atoms in total. The molecule has 2 aromatic carbocycles. The second-order valence-corrected chi connectivity index (χ2v) is 8.08. The molecule has 0 amide bonds. The van der Waals surface area contributed by atoms with Gasteiger partial charge in [-0.2, -0.15) is 0 Å². The van der Waals surface area contributed by atoms with Gasteiger partial charge in [-0.25, -0.2) is 13.1 Å². The third kappa shape index (κ3) is 3.58. The van der Waals surface area contributed by atoms with Crippen molar-refractivity contribution in [1.29, 1.82) is 0 Å². The number of nitro benzene ring substituents is 1. The number of fused-ring (bicyclic) bond motifs is 1. The second-order valence-electron chi connectivity index (χ2n) is 6.37. The Kier molecular flexibility index (Phi) is 5.39. The van der Waals surface area contributed by atoms with Crippen molar-refractivity contribution < 1.29 is 22.8 Å². The van der Waals surface area contributed by atoms with Gasteiger partial charge in [-0.15, -0.1) is 0 Å². The summed E-state index contributed by atoms with van der Waals surface area (Å²) in [6.07, 6.45) is 3.78. The topological polar surface area (TPSA) is 108 Å². The number of nitro groups is 1. The minimum absolute atomic E-state index is 0.0525. The fourth-order valence-electron chi connectivity index (χ4n) is 3.22. The third-order valence-corrected chi connectivity index (χ3v) is 6.15. The molecule has 0 aliphatic heterocycles. The summed E-state index contributed by atoms with van der Waals surface area (Å²) in [7, 11) is -0.859. The molecule has 1 N–H and O–H groups in total. The van der Waals surface area contributed by atoms with E-state index in [2.05, 4.69) is 4.72 Å². The first-order chi connectivity index (χ1) is 13.3. The van der Waals surface area contributed by atoms with E-state index in [-0.39, 0.29) is 16.5 Å². The van der Waals surface area contributed by atoms with Crippen LogP contribution in [0.1, 0.15) is 24.1 Å². The fraction of sp³-hybridized carbons (Fsp3) is 0.263. The van der Waals surface area contributed by atoms with E-state index in [4.69, 9.17) is 9.47 Å². The van der Waals surface area contributed by atoms with Crippen LogP contribution in [0.5, 0.6) is 11.5 Å². The van der Waals surface area contributed by atoms with Gasteiger partial charge in [0, 0.05) is 23.3 Å². The lowest BCUT2D eigenvalue weighted by Gasteiger charge is -2.30. The molecule has 0 unspecified atom stereocenters. The largest absolute Gasteiger partial charge is 0.496 e.